The minimum absolute atomic E-state index is 0. The van der Waals surface area contributed by atoms with Crippen LogP contribution < -0.4 is 22.4 Å². The van der Waals surface area contributed by atoms with Gasteiger partial charge in [0.1, 0.15) is 0 Å². The van der Waals surface area contributed by atoms with Crippen LogP contribution in [0.5, 0.6) is 0 Å². The van der Waals surface area contributed by atoms with Crippen LogP contribution in [0.2, 0.25) is 0 Å². The molecule has 218 valence electrons. The van der Waals surface area contributed by atoms with Crippen LogP contribution in [0, 0.1) is 6.92 Å². The first-order valence-electron chi connectivity index (χ1n) is 15.3. The molecule has 0 amide bonds. The standard InChI is InChI=1S/C35H43N4O.ClH.Zn/c1-9-15-26-24(13-5)32-17-28-20(7)22(11-3)30(36-28)19-31-23(12-4)21(8)29(37-31)18-33-25(14-6)27(16-10-2)35(39-33)40-34(26)38-32;;/h17-19H,9-16H2,1-8H3;1H;/q-1;;+2/p-1. The Morgan fingerprint density at radius 3 is 1.83 bits per heavy atom. The first kappa shape index (κ1) is 33.9. The van der Waals surface area contributed by atoms with Gasteiger partial charge in [-0.25, -0.2) is 9.40 Å². The number of fused-ring (bicyclic) bond motifs is 8. The van der Waals surface area contributed by atoms with Crippen molar-refractivity contribution in [1.29, 1.82) is 0 Å². The average molecular weight is 637 g/mol. The largest absolute Gasteiger partial charge is 2.00 e. The van der Waals surface area contributed by atoms with Crippen LogP contribution in [0.3, 0.4) is 0 Å². The van der Waals surface area contributed by atoms with E-state index in [0.29, 0.717) is 11.6 Å². The Morgan fingerprint density at radius 1 is 0.619 bits per heavy atom. The number of rotatable bonds is 8. The van der Waals surface area contributed by atoms with Crippen LogP contribution in [-0.4, -0.2) is 9.97 Å². The SMILES string of the molecule is CCCC1=C(CC)c2cc3[n-]c(cc4nc(cc5[n-]c([o+]c1n2)c(CCC)c5CC)C(C)=C4CC)c(CC)c3C.[Cl-].[Zn+2]. The number of halogens is 1. The molecule has 0 aromatic carbocycles. The zero-order chi connectivity index (χ0) is 28.6. The molecule has 0 saturated heterocycles. The first-order chi connectivity index (χ1) is 19.4. The normalized spacial score (nSPS) is 13.0. The molecule has 0 atom stereocenters. The van der Waals surface area contributed by atoms with E-state index in [1.807, 2.05) is 0 Å². The van der Waals surface area contributed by atoms with Crippen LogP contribution in [0.15, 0.2) is 22.6 Å². The Hall–Kier alpha value is -2.56. The third kappa shape index (κ3) is 5.95. The molecular formula is C35H43ClN4OZn. The summed E-state index contributed by atoms with van der Waals surface area (Å²) in [5, 5.41) is 0. The van der Waals surface area contributed by atoms with Gasteiger partial charge in [0.05, 0.1) is 22.7 Å². The van der Waals surface area contributed by atoms with Crippen molar-refractivity contribution in [2.45, 2.75) is 107 Å². The molecule has 0 saturated carbocycles. The molecule has 42 heavy (non-hydrogen) atoms. The molecule has 7 heteroatoms. The Balaban J connectivity index is 0.00000242. The van der Waals surface area contributed by atoms with Gasteiger partial charge in [-0.05, 0) is 69.1 Å². The maximum absolute atomic E-state index is 6.71. The molecule has 3 aromatic heterocycles. The van der Waals surface area contributed by atoms with Gasteiger partial charge in [-0.3, -0.25) is 0 Å². The number of hydrogen-bond acceptors (Lipinski definition) is 2. The molecule has 5 rings (SSSR count). The van der Waals surface area contributed by atoms with Gasteiger partial charge in [0.15, 0.2) is 0 Å². The van der Waals surface area contributed by atoms with Crippen molar-refractivity contribution in [1.82, 2.24) is 19.9 Å². The molecule has 8 bridgehead atoms. The van der Waals surface area contributed by atoms with E-state index >= 15 is 0 Å². The summed E-state index contributed by atoms with van der Waals surface area (Å²) >= 11 is 0. The summed E-state index contributed by atoms with van der Waals surface area (Å²) in [6.07, 6.45) is 7.53. The summed E-state index contributed by atoms with van der Waals surface area (Å²) in [6, 6.07) is 6.53. The number of aryl methyl sites for hydroxylation is 4. The Labute approximate surface area is 269 Å². The minimum atomic E-state index is 0. The monoisotopic (exact) mass is 634 g/mol. The van der Waals surface area contributed by atoms with Gasteiger partial charge in [0.25, 0.3) is 5.71 Å². The van der Waals surface area contributed by atoms with Gasteiger partial charge in [0, 0.05) is 5.56 Å². The third-order valence-corrected chi connectivity index (χ3v) is 8.51. The van der Waals surface area contributed by atoms with Gasteiger partial charge >= 0.3 is 25.4 Å². The van der Waals surface area contributed by atoms with Gasteiger partial charge in [0.2, 0.25) is 0 Å². The third-order valence-electron chi connectivity index (χ3n) is 8.51. The molecule has 0 unspecified atom stereocenters. The van der Waals surface area contributed by atoms with Gasteiger partial charge in [-0.2, -0.15) is 4.98 Å². The summed E-state index contributed by atoms with van der Waals surface area (Å²) in [6.45, 7) is 17.6. The molecule has 2 aliphatic rings. The van der Waals surface area contributed by atoms with E-state index < -0.39 is 0 Å². The zero-order valence-electron chi connectivity index (χ0n) is 26.7. The summed E-state index contributed by atoms with van der Waals surface area (Å²) in [5.41, 5.74) is 16.5. The molecule has 5 nitrogen and oxygen atoms in total. The van der Waals surface area contributed by atoms with Crippen molar-refractivity contribution in [2.24, 2.45) is 0 Å². The van der Waals surface area contributed by atoms with Crippen molar-refractivity contribution in [3.63, 3.8) is 0 Å². The fourth-order valence-electron chi connectivity index (χ4n) is 6.42. The van der Waals surface area contributed by atoms with Crippen LogP contribution in [0.25, 0.3) is 44.6 Å². The van der Waals surface area contributed by atoms with Crippen LogP contribution >= 0.6 is 0 Å². The zero-order valence-corrected chi connectivity index (χ0v) is 30.4. The molecule has 2 aliphatic heterocycles. The van der Waals surface area contributed by atoms with Gasteiger partial charge < -0.3 is 22.4 Å². The second-order valence-electron chi connectivity index (χ2n) is 10.9. The molecule has 0 radical (unpaired) electrons. The Kier molecular flexibility index (Phi) is 11.5. The van der Waals surface area contributed by atoms with E-state index in [1.54, 1.807) is 0 Å². The van der Waals surface area contributed by atoms with Crippen molar-refractivity contribution < 1.29 is 36.3 Å². The van der Waals surface area contributed by atoms with E-state index in [2.05, 4.69) is 73.6 Å². The summed E-state index contributed by atoms with van der Waals surface area (Å²) in [4.78, 5) is 20.5. The predicted octanol–water partition coefficient (Wildman–Crippen LogP) is 6.30. The van der Waals surface area contributed by atoms with Gasteiger partial charge in [-0.1, -0.05) is 89.3 Å². The molecule has 0 spiro atoms. The molecule has 5 heterocycles. The number of nitrogens with zero attached hydrogens (tertiary/aromatic N) is 4. The first-order valence-corrected chi connectivity index (χ1v) is 15.3. The Morgan fingerprint density at radius 2 is 1.21 bits per heavy atom. The number of hydrogen-bond donors (Lipinski definition) is 0. The quantitative estimate of drug-likeness (QED) is 0.215. The van der Waals surface area contributed by atoms with Crippen molar-refractivity contribution in [3.05, 3.63) is 63.4 Å². The number of aromatic nitrogens is 4. The average Bonchev–Trinajstić information content (AvgIpc) is 3.62. The molecule has 0 fully saturated rings. The molecule has 0 aliphatic carbocycles. The van der Waals surface area contributed by atoms with E-state index in [9.17, 15) is 0 Å². The predicted molar refractivity (Wildman–Crippen MR) is 168 cm³/mol. The number of allylic oxidation sites excluding steroid dienone is 4. The Bertz CT molecular complexity index is 1690. The van der Waals surface area contributed by atoms with Crippen molar-refractivity contribution >= 4 is 44.6 Å². The fourth-order valence-corrected chi connectivity index (χ4v) is 6.42. The maximum atomic E-state index is 6.71. The van der Waals surface area contributed by atoms with Crippen molar-refractivity contribution in [2.75, 3.05) is 0 Å². The summed E-state index contributed by atoms with van der Waals surface area (Å²) in [7, 11) is 0. The van der Waals surface area contributed by atoms with E-state index in [4.69, 9.17) is 24.4 Å². The van der Waals surface area contributed by atoms with Gasteiger partial charge in [-0.15, -0.1) is 16.6 Å². The van der Waals surface area contributed by atoms with E-state index in [-0.39, 0.29) is 31.9 Å². The van der Waals surface area contributed by atoms with Crippen LogP contribution in [0.4, 0.5) is 0 Å². The van der Waals surface area contributed by atoms with Crippen LogP contribution in [0.1, 0.15) is 126 Å². The molecule has 0 N–H and O–H groups in total. The minimum Gasteiger partial charge on any atom is -1.00 e. The second kappa shape index (κ2) is 14.3. The summed E-state index contributed by atoms with van der Waals surface area (Å²) < 4.78 is 6.71. The van der Waals surface area contributed by atoms with Crippen LogP contribution in [-0.2, 0) is 38.7 Å². The topological polar surface area (TPSA) is 65.3 Å². The fraction of sp³-hybridized carbons (Fsp3) is 0.457. The summed E-state index contributed by atoms with van der Waals surface area (Å²) in [5.74, 6) is 0.700. The maximum Gasteiger partial charge on any atom is 2.00 e. The molecule has 3 aromatic rings. The molecular weight excluding hydrogens is 593 g/mol. The van der Waals surface area contributed by atoms with Crippen molar-refractivity contribution in [3.8, 4) is 0 Å². The van der Waals surface area contributed by atoms with E-state index in [1.165, 1.54) is 44.5 Å². The second-order valence-corrected chi connectivity index (χ2v) is 10.9. The smallest absolute Gasteiger partial charge is 1.00 e. The van der Waals surface area contributed by atoms with E-state index in [0.717, 1.165) is 85.0 Å².